The van der Waals surface area contributed by atoms with Gasteiger partial charge in [0.05, 0.1) is 41.8 Å². The first kappa shape index (κ1) is 33.7. The molecule has 2 bridgehead atoms. The molecule has 12 heteroatoms. The van der Waals surface area contributed by atoms with Gasteiger partial charge in [0.1, 0.15) is 23.3 Å². The highest BCUT2D eigenvalue weighted by Gasteiger charge is 2.55. The van der Waals surface area contributed by atoms with Crippen molar-refractivity contribution >= 4 is 44.6 Å². The van der Waals surface area contributed by atoms with Crippen LogP contribution in [0.3, 0.4) is 0 Å². The average molecular weight is 699 g/mol. The van der Waals surface area contributed by atoms with Gasteiger partial charge in [0.15, 0.2) is 5.82 Å². The van der Waals surface area contributed by atoms with Gasteiger partial charge in [-0.2, -0.15) is 5.26 Å². The van der Waals surface area contributed by atoms with Gasteiger partial charge in [-0.05, 0) is 87.6 Å². The summed E-state index contributed by atoms with van der Waals surface area (Å²) in [6.45, 7) is 7.41. The highest BCUT2D eigenvalue weighted by molar-refractivity contribution is 9.10. The second-order valence-electron chi connectivity index (χ2n) is 13.2. The summed E-state index contributed by atoms with van der Waals surface area (Å²) in [6, 6.07) is 3.92. The van der Waals surface area contributed by atoms with Gasteiger partial charge in [0.2, 0.25) is 5.88 Å². The van der Waals surface area contributed by atoms with Crippen molar-refractivity contribution in [2.24, 2.45) is 5.92 Å². The van der Waals surface area contributed by atoms with Crippen LogP contribution >= 0.6 is 15.9 Å². The molecular formula is C34H41BrFN5O5. The van der Waals surface area contributed by atoms with Crippen LogP contribution < -0.4 is 10.1 Å². The number of ether oxygens (including phenoxy) is 3. The normalized spacial score (nSPS) is 22.1. The third kappa shape index (κ3) is 7.19. The van der Waals surface area contributed by atoms with Gasteiger partial charge in [-0.1, -0.05) is 11.8 Å². The molecule has 1 N–H and O–H groups in total. The molecule has 246 valence electrons. The number of likely N-dealkylation sites (N-methyl/N-ethyl adjacent to an activating group) is 1. The molecule has 1 aromatic heterocycles. The van der Waals surface area contributed by atoms with Crippen LogP contribution in [-0.4, -0.2) is 84.4 Å². The highest BCUT2D eigenvalue weighted by atomic mass is 79.9. The average Bonchev–Trinajstić information content (AvgIpc) is 3.73. The van der Waals surface area contributed by atoms with Gasteiger partial charge < -0.3 is 29.3 Å². The molecule has 6 rings (SSSR count). The van der Waals surface area contributed by atoms with Crippen LogP contribution in [0.4, 0.5) is 14.9 Å². The van der Waals surface area contributed by atoms with Crippen LogP contribution in [0, 0.1) is 34.9 Å². The molecule has 1 aromatic carbocycles. The molecular weight excluding hydrogens is 657 g/mol. The molecule has 1 aliphatic carbocycles. The van der Waals surface area contributed by atoms with Gasteiger partial charge in [-0.3, -0.25) is 4.79 Å². The maximum atomic E-state index is 16.1. The summed E-state index contributed by atoms with van der Waals surface area (Å²) in [5.41, 5.74) is 1.14. The maximum Gasteiger partial charge on any atom is 0.410 e. The number of pyridine rings is 1. The van der Waals surface area contributed by atoms with Gasteiger partial charge >= 0.3 is 12.1 Å². The van der Waals surface area contributed by atoms with E-state index in [4.69, 9.17) is 19.2 Å². The fourth-order valence-corrected chi connectivity index (χ4v) is 6.92. The Morgan fingerprint density at radius 2 is 2.07 bits per heavy atom. The van der Waals surface area contributed by atoms with Crippen molar-refractivity contribution in [3.8, 4) is 23.8 Å². The maximum absolute atomic E-state index is 16.1. The number of carbonyl (C=O) groups excluding carboxylic acids is 2. The van der Waals surface area contributed by atoms with E-state index >= 15 is 4.39 Å². The first-order valence-electron chi connectivity index (χ1n) is 15.8. The van der Waals surface area contributed by atoms with Crippen LogP contribution in [0.25, 0.3) is 10.9 Å². The van der Waals surface area contributed by atoms with Crippen molar-refractivity contribution in [1.82, 2.24) is 14.8 Å². The Hall–Kier alpha value is -3.61. The molecule has 1 amide bonds. The lowest BCUT2D eigenvalue weighted by atomic mass is 9.79. The van der Waals surface area contributed by atoms with Gasteiger partial charge in [-0.25, -0.2) is 14.2 Å². The SMILES string of the molecule is COC(=O)CCC#Cc1c(OC[C@@H]2CCCN2C)nc2c(F)c(Br)c(CCC#N)cc2c1NC1C2CC1N(C(=O)OC(C)(C)C)C2. The minimum atomic E-state index is -0.619. The smallest absolute Gasteiger partial charge is 0.410 e. The number of amides is 1. The predicted molar refractivity (Wildman–Crippen MR) is 175 cm³/mol. The summed E-state index contributed by atoms with van der Waals surface area (Å²) in [7, 11) is 3.39. The highest BCUT2D eigenvalue weighted by Crippen LogP contribution is 2.46. The van der Waals surface area contributed by atoms with E-state index in [0.29, 0.717) is 41.8 Å². The summed E-state index contributed by atoms with van der Waals surface area (Å²) in [4.78, 5) is 33.5. The van der Waals surface area contributed by atoms with Gasteiger partial charge in [-0.15, -0.1) is 0 Å². The third-order valence-corrected chi connectivity index (χ3v) is 9.78. The fraction of sp³-hybridized carbons (Fsp3) is 0.588. The van der Waals surface area contributed by atoms with Gasteiger partial charge in [0.25, 0.3) is 0 Å². The molecule has 10 nitrogen and oxygen atoms in total. The molecule has 1 saturated carbocycles. The van der Waals surface area contributed by atoms with E-state index in [2.05, 4.69) is 51.1 Å². The van der Waals surface area contributed by atoms with Crippen molar-refractivity contribution in [2.45, 2.75) is 89.4 Å². The number of methoxy groups -OCH3 is 1. The Labute approximate surface area is 278 Å². The first-order chi connectivity index (χ1) is 21.9. The minimum Gasteiger partial charge on any atom is -0.475 e. The van der Waals surface area contributed by atoms with Crippen molar-refractivity contribution in [3.63, 3.8) is 0 Å². The van der Waals surface area contributed by atoms with E-state index in [1.807, 2.05) is 26.8 Å². The van der Waals surface area contributed by atoms with Gasteiger partial charge in [0, 0.05) is 36.7 Å². The van der Waals surface area contributed by atoms with Crippen LogP contribution in [0.5, 0.6) is 5.88 Å². The number of hydrogen-bond donors (Lipinski definition) is 1. The van der Waals surface area contributed by atoms with E-state index in [1.165, 1.54) is 7.11 Å². The summed E-state index contributed by atoms with van der Waals surface area (Å²) in [5.74, 6) is 5.71. The molecule has 3 unspecified atom stereocenters. The van der Waals surface area contributed by atoms with Crippen molar-refractivity contribution in [2.75, 3.05) is 39.2 Å². The number of esters is 1. The number of carbonyl (C=O) groups is 2. The summed E-state index contributed by atoms with van der Waals surface area (Å²) in [5, 5.41) is 13.4. The molecule has 4 atom stereocenters. The monoisotopic (exact) mass is 697 g/mol. The summed E-state index contributed by atoms with van der Waals surface area (Å²) >= 11 is 3.40. The Morgan fingerprint density at radius 3 is 2.74 bits per heavy atom. The second kappa shape index (κ2) is 14.0. The molecule has 4 fully saturated rings. The lowest BCUT2D eigenvalue weighted by Crippen LogP contribution is -2.50. The zero-order chi connectivity index (χ0) is 33.2. The molecule has 2 aromatic rings. The summed E-state index contributed by atoms with van der Waals surface area (Å²) < 4.78 is 33.2. The number of aromatic nitrogens is 1. The number of aryl methyl sites for hydroxylation is 1. The fourth-order valence-electron chi connectivity index (χ4n) is 6.42. The number of nitriles is 1. The van der Waals surface area contributed by atoms with E-state index in [-0.39, 0.29) is 71.2 Å². The van der Waals surface area contributed by atoms with Crippen molar-refractivity contribution in [3.05, 3.63) is 27.5 Å². The lowest BCUT2D eigenvalue weighted by molar-refractivity contribution is -0.140. The number of benzene rings is 1. The molecule has 46 heavy (non-hydrogen) atoms. The number of halogens is 2. The number of nitrogens with zero attached hydrogens (tertiary/aromatic N) is 4. The minimum absolute atomic E-state index is 0.112. The number of anilines is 1. The molecule has 4 heterocycles. The molecule has 4 aliphatic rings. The zero-order valence-corrected chi connectivity index (χ0v) is 28.6. The molecule has 0 spiro atoms. The topological polar surface area (TPSA) is 117 Å². The second-order valence-corrected chi connectivity index (χ2v) is 14.0. The Kier molecular flexibility index (Phi) is 10.3. The quantitative estimate of drug-likeness (QED) is 0.257. The number of likely N-dealkylation sites (tertiary alicyclic amines) is 1. The lowest BCUT2D eigenvalue weighted by Gasteiger charge is -2.38. The number of hydrogen-bond acceptors (Lipinski definition) is 9. The largest absolute Gasteiger partial charge is 0.475 e. The number of rotatable bonds is 9. The summed E-state index contributed by atoms with van der Waals surface area (Å²) in [6.07, 6.45) is 3.43. The van der Waals surface area contributed by atoms with Crippen LogP contribution in [0.15, 0.2) is 10.5 Å². The van der Waals surface area contributed by atoms with Crippen LogP contribution in [-0.2, 0) is 20.7 Å². The Bertz CT molecular complexity index is 1610. The van der Waals surface area contributed by atoms with E-state index in [1.54, 1.807) is 4.90 Å². The predicted octanol–water partition coefficient (Wildman–Crippen LogP) is 5.79. The van der Waals surface area contributed by atoms with Crippen molar-refractivity contribution < 1.29 is 28.2 Å². The zero-order valence-electron chi connectivity index (χ0n) is 27.0. The van der Waals surface area contributed by atoms with E-state index in [9.17, 15) is 14.9 Å². The number of fused-ring (bicyclic) bond motifs is 2. The van der Waals surface area contributed by atoms with Crippen molar-refractivity contribution in [1.29, 1.82) is 5.26 Å². The third-order valence-electron chi connectivity index (χ3n) is 8.93. The Balaban J connectivity index is 1.59. The van der Waals surface area contributed by atoms with E-state index in [0.717, 1.165) is 25.8 Å². The molecule has 3 saturated heterocycles. The number of nitrogens with one attached hydrogen (secondary N) is 1. The van der Waals surface area contributed by atoms with E-state index < -0.39 is 11.4 Å². The first-order valence-corrected chi connectivity index (χ1v) is 16.6. The molecule has 3 aliphatic heterocycles. The molecule has 0 radical (unpaired) electrons. The van der Waals surface area contributed by atoms with Crippen LogP contribution in [0.2, 0.25) is 0 Å². The standard InChI is InChI=1S/C34H41BrFN5O5/c1-34(2,3)46-33(43)41-18-21-17-25(41)29(21)38-30-23(12-6-7-13-26(42)44-5)32(45-19-22-11-9-15-40(22)4)39-31-24(30)16-20(10-8-14-37)27(35)28(31)36/h16,21-22,25,29H,7-11,13,15,17-19H2,1-5H3,(H,38,39)/t21?,22-,25?,29?/m0/s1. The van der Waals surface area contributed by atoms with Crippen LogP contribution in [0.1, 0.15) is 70.4 Å². The Morgan fingerprint density at radius 1 is 1.28 bits per heavy atom.